The van der Waals surface area contributed by atoms with Crippen molar-refractivity contribution in [3.05, 3.63) is 175 Å². The van der Waals surface area contributed by atoms with Gasteiger partial charge in [0.25, 0.3) is 0 Å². The van der Waals surface area contributed by atoms with Gasteiger partial charge in [-0.2, -0.15) is 0 Å². The number of nitrogens with zero attached hydrogens (tertiary/aromatic N) is 3. The highest BCUT2D eigenvalue weighted by molar-refractivity contribution is 6.01. The van der Waals surface area contributed by atoms with E-state index in [1.54, 1.807) is 6.20 Å². The third-order valence-corrected chi connectivity index (χ3v) is 9.96. The van der Waals surface area contributed by atoms with Gasteiger partial charge >= 0.3 is 0 Å². The summed E-state index contributed by atoms with van der Waals surface area (Å²) in [5, 5.41) is 2.61. The van der Waals surface area contributed by atoms with Crippen LogP contribution in [-0.4, -0.2) is 15.0 Å². The van der Waals surface area contributed by atoms with E-state index in [1.165, 1.54) is 44.2 Å². The Morgan fingerprint density at radius 3 is 1.98 bits per heavy atom. The summed E-state index contributed by atoms with van der Waals surface area (Å²) in [6.45, 7) is 4.72. The van der Waals surface area contributed by atoms with Crippen molar-refractivity contribution in [3.63, 3.8) is 0 Å². The lowest BCUT2D eigenvalue weighted by Gasteiger charge is -2.23. The third-order valence-electron chi connectivity index (χ3n) is 9.96. The highest BCUT2D eigenvalue weighted by Gasteiger charge is 2.38. The molecule has 232 valence electrons. The molecule has 0 bridgehead atoms. The van der Waals surface area contributed by atoms with Gasteiger partial charge in [-0.3, -0.25) is 4.98 Å². The van der Waals surface area contributed by atoms with Gasteiger partial charge < -0.3 is 0 Å². The molecule has 1 aliphatic rings. The van der Waals surface area contributed by atoms with Gasteiger partial charge in [0, 0.05) is 34.5 Å². The fourth-order valence-corrected chi connectivity index (χ4v) is 7.56. The Balaban J connectivity index is 1.18. The van der Waals surface area contributed by atoms with Crippen molar-refractivity contribution in [2.75, 3.05) is 0 Å². The minimum Gasteiger partial charge on any atom is -0.264 e. The Labute approximate surface area is 286 Å². The minimum atomic E-state index is -0.113. The molecule has 3 nitrogen and oxygen atoms in total. The summed E-state index contributed by atoms with van der Waals surface area (Å²) in [4.78, 5) is 14.5. The van der Waals surface area contributed by atoms with E-state index in [9.17, 15) is 0 Å². The molecule has 0 saturated heterocycles. The molecular formula is C46H33N3. The maximum atomic E-state index is 5.18. The van der Waals surface area contributed by atoms with Crippen LogP contribution in [0.15, 0.2) is 164 Å². The fourth-order valence-electron chi connectivity index (χ4n) is 7.56. The van der Waals surface area contributed by atoms with E-state index in [2.05, 4.69) is 158 Å². The largest absolute Gasteiger partial charge is 0.264 e. The zero-order chi connectivity index (χ0) is 33.0. The molecule has 1 aliphatic carbocycles. The molecule has 3 heteroatoms. The molecule has 2 aromatic heterocycles. The van der Waals surface area contributed by atoms with Gasteiger partial charge in [0.1, 0.15) is 0 Å². The molecule has 0 unspecified atom stereocenters. The summed E-state index contributed by atoms with van der Waals surface area (Å²) in [5.74, 6) is 0.697. The molecule has 0 amide bonds. The normalized spacial score (nSPS) is 12.9. The summed E-state index contributed by atoms with van der Waals surface area (Å²) in [6.07, 6.45) is 3.68. The lowest BCUT2D eigenvalue weighted by molar-refractivity contribution is 0.666. The van der Waals surface area contributed by atoms with Crippen LogP contribution in [0, 0.1) is 0 Å². The molecule has 0 aliphatic heterocycles. The van der Waals surface area contributed by atoms with Crippen molar-refractivity contribution in [1.82, 2.24) is 15.0 Å². The Morgan fingerprint density at radius 2 is 1.16 bits per heavy atom. The van der Waals surface area contributed by atoms with Crippen LogP contribution in [-0.2, 0) is 5.41 Å². The Kier molecular flexibility index (Phi) is 6.80. The smallest absolute Gasteiger partial charge is 0.160 e. The van der Waals surface area contributed by atoms with Crippen LogP contribution in [0.5, 0.6) is 0 Å². The zero-order valence-electron chi connectivity index (χ0n) is 27.4. The molecule has 9 rings (SSSR count). The highest BCUT2D eigenvalue weighted by atomic mass is 14.9. The van der Waals surface area contributed by atoms with Crippen LogP contribution in [0.4, 0.5) is 0 Å². The fraction of sp³-hybridized carbons (Fsp3) is 0.0652. The van der Waals surface area contributed by atoms with E-state index in [0.29, 0.717) is 5.82 Å². The minimum absolute atomic E-state index is 0.113. The van der Waals surface area contributed by atoms with E-state index >= 15 is 0 Å². The summed E-state index contributed by atoms with van der Waals surface area (Å²) in [5.41, 5.74) is 14.8. The van der Waals surface area contributed by atoms with Crippen LogP contribution in [0.1, 0.15) is 25.0 Å². The lowest BCUT2D eigenvalue weighted by atomic mass is 9.80. The third kappa shape index (κ3) is 4.94. The summed E-state index contributed by atoms with van der Waals surface area (Å²) in [7, 11) is 0. The predicted octanol–water partition coefficient (Wildman–Crippen LogP) is 11.7. The van der Waals surface area contributed by atoms with E-state index in [-0.39, 0.29) is 5.41 Å². The average Bonchev–Trinajstić information content (AvgIpc) is 3.42. The van der Waals surface area contributed by atoms with Gasteiger partial charge in [0.15, 0.2) is 5.82 Å². The number of rotatable bonds is 5. The topological polar surface area (TPSA) is 38.7 Å². The summed E-state index contributed by atoms with van der Waals surface area (Å²) < 4.78 is 0. The van der Waals surface area contributed by atoms with Gasteiger partial charge in [0.2, 0.25) is 0 Å². The van der Waals surface area contributed by atoms with Crippen LogP contribution in [0.2, 0.25) is 0 Å². The monoisotopic (exact) mass is 627 g/mol. The first-order valence-electron chi connectivity index (χ1n) is 16.8. The van der Waals surface area contributed by atoms with Crippen molar-refractivity contribution in [3.8, 4) is 67.3 Å². The second kappa shape index (κ2) is 11.5. The quantitative estimate of drug-likeness (QED) is 0.191. The molecule has 0 atom stereocenters. The Morgan fingerprint density at radius 1 is 0.469 bits per heavy atom. The number of pyridine rings is 1. The maximum Gasteiger partial charge on any atom is 0.160 e. The van der Waals surface area contributed by atoms with Crippen molar-refractivity contribution < 1.29 is 0 Å². The molecule has 0 radical (unpaired) electrons. The van der Waals surface area contributed by atoms with Crippen molar-refractivity contribution in [2.24, 2.45) is 0 Å². The Bertz CT molecular complexity index is 2500. The highest BCUT2D eigenvalue weighted by Crippen LogP contribution is 2.54. The van der Waals surface area contributed by atoms with Crippen LogP contribution in [0.25, 0.3) is 78.1 Å². The van der Waals surface area contributed by atoms with E-state index in [0.717, 1.165) is 39.2 Å². The lowest BCUT2D eigenvalue weighted by Crippen LogP contribution is -2.15. The number of hydrogen-bond acceptors (Lipinski definition) is 3. The van der Waals surface area contributed by atoms with E-state index in [1.807, 2.05) is 18.3 Å². The predicted molar refractivity (Wildman–Crippen MR) is 202 cm³/mol. The maximum absolute atomic E-state index is 5.18. The van der Waals surface area contributed by atoms with Crippen LogP contribution < -0.4 is 0 Å². The SMILES string of the molecule is CC1(C)c2cccc(-c3cccc(-c4cc(-c5ccccc5)nc(-c5ccc(-c6cccnc6)cc5)n4)c3)c2-c2ccc3ccccc3c21. The Hall–Kier alpha value is -6.19. The molecular weight excluding hydrogens is 595 g/mol. The molecule has 0 spiro atoms. The number of fused-ring (bicyclic) bond motifs is 5. The van der Waals surface area contributed by atoms with Crippen molar-refractivity contribution in [2.45, 2.75) is 19.3 Å². The first-order chi connectivity index (χ1) is 24.0. The molecule has 0 N–H and O–H groups in total. The number of aromatic nitrogens is 3. The van der Waals surface area contributed by atoms with Crippen LogP contribution in [0.3, 0.4) is 0 Å². The average molecular weight is 628 g/mol. The number of benzene rings is 6. The standard InChI is InChI=1S/C46H33N3/c1-46(2)40-19-9-18-37(43(40)39-25-24-31-11-6-7-17-38(31)44(39)46)34-14-8-15-35(27-34)42-28-41(32-12-4-3-5-13-32)48-45(49-42)33-22-20-30(21-23-33)36-16-10-26-47-29-36/h3-29H,1-2H3. The van der Waals surface area contributed by atoms with Crippen LogP contribution >= 0.6 is 0 Å². The number of hydrogen-bond donors (Lipinski definition) is 0. The van der Waals surface area contributed by atoms with Gasteiger partial charge in [-0.25, -0.2) is 9.97 Å². The van der Waals surface area contributed by atoms with Crippen molar-refractivity contribution >= 4 is 10.8 Å². The van der Waals surface area contributed by atoms with E-state index in [4.69, 9.17) is 9.97 Å². The molecule has 0 saturated carbocycles. The molecule has 2 heterocycles. The molecule has 6 aromatic carbocycles. The van der Waals surface area contributed by atoms with E-state index < -0.39 is 0 Å². The molecule has 0 fully saturated rings. The summed E-state index contributed by atoms with van der Waals surface area (Å²) >= 11 is 0. The van der Waals surface area contributed by atoms with Gasteiger partial charge in [0.05, 0.1) is 11.4 Å². The van der Waals surface area contributed by atoms with Gasteiger partial charge in [-0.15, -0.1) is 0 Å². The second-order valence-corrected chi connectivity index (χ2v) is 13.3. The van der Waals surface area contributed by atoms with Gasteiger partial charge in [-0.1, -0.05) is 147 Å². The second-order valence-electron chi connectivity index (χ2n) is 13.3. The van der Waals surface area contributed by atoms with Gasteiger partial charge in [-0.05, 0) is 73.5 Å². The van der Waals surface area contributed by atoms with Crippen molar-refractivity contribution in [1.29, 1.82) is 0 Å². The first-order valence-corrected chi connectivity index (χ1v) is 16.8. The zero-order valence-corrected chi connectivity index (χ0v) is 27.4. The molecule has 49 heavy (non-hydrogen) atoms. The molecule has 8 aromatic rings. The summed E-state index contributed by atoms with van der Waals surface area (Å²) in [6, 6.07) is 53.9. The first kappa shape index (κ1) is 29.0.